The smallest absolute Gasteiger partial charge is 0.408 e. The molecule has 5 nitrogen and oxygen atoms in total. The van der Waals surface area contributed by atoms with Crippen LogP contribution in [0.5, 0.6) is 0 Å². The Morgan fingerprint density at radius 3 is 2.65 bits per heavy atom. The first-order valence-electron chi connectivity index (χ1n) is 7.56. The van der Waals surface area contributed by atoms with Crippen molar-refractivity contribution in [2.75, 3.05) is 6.54 Å². The maximum Gasteiger partial charge on any atom is 0.408 e. The highest BCUT2D eigenvalue weighted by atomic mass is 32.1. The number of alkyl carbamates (subject to hydrolysis) is 1. The lowest BCUT2D eigenvalue weighted by atomic mass is 10.1. The number of benzene rings is 1. The largest absolute Gasteiger partial charge is 0.444 e. The predicted octanol–water partition coefficient (Wildman–Crippen LogP) is 3.50. The lowest BCUT2D eigenvalue weighted by Gasteiger charge is -2.24. The van der Waals surface area contributed by atoms with Gasteiger partial charge in [-0.05, 0) is 26.3 Å². The molecule has 0 bridgehead atoms. The number of aromatic nitrogens is 1. The van der Waals surface area contributed by atoms with Crippen LogP contribution in [0.25, 0.3) is 0 Å². The zero-order valence-corrected chi connectivity index (χ0v) is 14.5. The van der Waals surface area contributed by atoms with Gasteiger partial charge in [-0.25, -0.2) is 9.78 Å². The number of nitrogens with one attached hydrogen (secondary N) is 2. The van der Waals surface area contributed by atoms with Crippen LogP contribution in [0.1, 0.15) is 38.1 Å². The molecule has 1 aromatic heterocycles. The quantitative estimate of drug-likeness (QED) is 0.849. The summed E-state index contributed by atoms with van der Waals surface area (Å²) in [5, 5.41) is 8.26. The summed E-state index contributed by atoms with van der Waals surface area (Å²) in [7, 11) is 0. The Labute approximate surface area is 141 Å². The van der Waals surface area contributed by atoms with E-state index in [0.29, 0.717) is 13.1 Å². The minimum absolute atomic E-state index is 0.162. The van der Waals surface area contributed by atoms with Crippen molar-refractivity contribution in [1.82, 2.24) is 15.6 Å². The Hall–Kier alpha value is -1.92. The Morgan fingerprint density at radius 2 is 2.04 bits per heavy atom. The summed E-state index contributed by atoms with van der Waals surface area (Å²) in [6, 6.07) is 9.69. The fourth-order valence-corrected chi connectivity index (χ4v) is 2.62. The average Bonchev–Trinajstić information content (AvgIpc) is 2.98. The van der Waals surface area contributed by atoms with Crippen LogP contribution in [-0.2, 0) is 11.3 Å². The van der Waals surface area contributed by atoms with Gasteiger partial charge in [0.05, 0.1) is 17.2 Å². The number of hydrogen-bond donors (Lipinski definition) is 2. The van der Waals surface area contributed by atoms with Crippen LogP contribution in [0.15, 0.2) is 41.2 Å². The topological polar surface area (TPSA) is 63.2 Å². The molecule has 0 aliphatic carbocycles. The molecule has 2 rings (SSSR count). The highest BCUT2D eigenvalue weighted by molar-refractivity contribution is 7.07. The van der Waals surface area contributed by atoms with Crippen molar-refractivity contribution in [3.8, 4) is 0 Å². The number of hydrogen-bond acceptors (Lipinski definition) is 5. The van der Waals surface area contributed by atoms with Crippen LogP contribution < -0.4 is 10.6 Å². The van der Waals surface area contributed by atoms with Crippen molar-refractivity contribution in [2.24, 2.45) is 0 Å². The summed E-state index contributed by atoms with van der Waals surface area (Å²) in [4.78, 5) is 16.3. The molecule has 6 heteroatoms. The maximum atomic E-state index is 12.1. The maximum absolute atomic E-state index is 12.1. The molecule has 1 heterocycles. The third kappa shape index (κ3) is 6.38. The zero-order chi connectivity index (χ0) is 16.7. The summed E-state index contributed by atoms with van der Waals surface area (Å²) in [5.74, 6) is 0. The summed E-state index contributed by atoms with van der Waals surface area (Å²) in [5.41, 5.74) is 3.33. The van der Waals surface area contributed by atoms with E-state index in [-0.39, 0.29) is 6.04 Å². The summed E-state index contributed by atoms with van der Waals surface area (Å²) < 4.78 is 5.35. The van der Waals surface area contributed by atoms with Gasteiger partial charge in [0.2, 0.25) is 0 Å². The van der Waals surface area contributed by atoms with Crippen LogP contribution in [0.4, 0.5) is 4.79 Å². The average molecular weight is 333 g/mol. The highest BCUT2D eigenvalue weighted by Crippen LogP contribution is 2.14. The third-order valence-corrected chi connectivity index (χ3v) is 3.67. The summed E-state index contributed by atoms with van der Waals surface area (Å²) in [6.45, 7) is 6.82. The lowest BCUT2D eigenvalue weighted by molar-refractivity contribution is 0.0503. The van der Waals surface area contributed by atoms with E-state index in [2.05, 4.69) is 15.6 Å². The zero-order valence-electron chi connectivity index (χ0n) is 13.7. The lowest BCUT2D eigenvalue weighted by Crippen LogP contribution is -2.39. The molecular formula is C17H23N3O2S. The summed E-state index contributed by atoms with van der Waals surface area (Å²) >= 11 is 1.57. The number of amides is 1. The number of carbonyl (C=O) groups excluding carboxylic acids is 1. The molecule has 0 spiro atoms. The van der Waals surface area contributed by atoms with Gasteiger partial charge in [0.25, 0.3) is 0 Å². The molecule has 1 amide bonds. The first kappa shape index (κ1) is 17.4. The van der Waals surface area contributed by atoms with Crippen LogP contribution in [0.3, 0.4) is 0 Å². The first-order chi connectivity index (χ1) is 10.9. The number of ether oxygens (including phenoxy) is 1. The van der Waals surface area contributed by atoms with Gasteiger partial charge in [-0.15, -0.1) is 11.3 Å². The van der Waals surface area contributed by atoms with Gasteiger partial charge >= 0.3 is 6.09 Å². The molecule has 1 atom stereocenters. The predicted molar refractivity (Wildman–Crippen MR) is 92.4 cm³/mol. The Balaban J connectivity index is 1.96. The van der Waals surface area contributed by atoms with E-state index >= 15 is 0 Å². The van der Waals surface area contributed by atoms with E-state index in [1.165, 1.54) is 0 Å². The fourth-order valence-electron chi connectivity index (χ4n) is 2.06. The monoisotopic (exact) mass is 333 g/mol. The second-order valence-electron chi connectivity index (χ2n) is 6.22. The standard InChI is InChI=1S/C17H23N3O2S/c1-17(2,3)22-16(21)20-15(13-7-5-4-6-8-13)10-18-9-14-11-23-12-19-14/h4-8,11-12,15,18H,9-10H2,1-3H3,(H,20,21). The van der Waals surface area contributed by atoms with Gasteiger partial charge in [0, 0.05) is 18.5 Å². The SMILES string of the molecule is CC(C)(C)OC(=O)NC(CNCc1cscn1)c1ccccc1. The normalized spacial score (nSPS) is 12.7. The van der Waals surface area contributed by atoms with Crippen molar-refractivity contribution in [1.29, 1.82) is 0 Å². The third-order valence-electron chi connectivity index (χ3n) is 3.03. The van der Waals surface area contributed by atoms with Crippen LogP contribution in [-0.4, -0.2) is 23.2 Å². The van der Waals surface area contributed by atoms with E-state index in [9.17, 15) is 4.79 Å². The number of thiazole rings is 1. The van der Waals surface area contributed by atoms with Gasteiger partial charge in [0.15, 0.2) is 0 Å². The molecule has 2 aromatic rings. The molecule has 0 fully saturated rings. The molecule has 124 valence electrons. The molecule has 23 heavy (non-hydrogen) atoms. The number of nitrogens with zero attached hydrogens (tertiary/aromatic N) is 1. The Morgan fingerprint density at radius 1 is 1.30 bits per heavy atom. The van der Waals surface area contributed by atoms with Gasteiger partial charge in [0.1, 0.15) is 5.60 Å². The van der Waals surface area contributed by atoms with Crippen molar-refractivity contribution in [2.45, 2.75) is 39.0 Å². The minimum atomic E-state index is -0.515. The van der Waals surface area contributed by atoms with Gasteiger partial charge < -0.3 is 15.4 Å². The molecule has 2 N–H and O–H groups in total. The van der Waals surface area contributed by atoms with E-state index in [1.54, 1.807) is 11.3 Å². The molecule has 1 unspecified atom stereocenters. The second kappa shape index (κ2) is 8.08. The van der Waals surface area contributed by atoms with Crippen LogP contribution in [0, 0.1) is 0 Å². The number of carbonyl (C=O) groups is 1. The molecule has 0 aliphatic rings. The number of rotatable bonds is 6. The van der Waals surface area contributed by atoms with E-state index < -0.39 is 11.7 Å². The summed E-state index contributed by atoms with van der Waals surface area (Å²) in [6.07, 6.45) is -0.415. The van der Waals surface area contributed by atoms with Gasteiger partial charge in [-0.1, -0.05) is 30.3 Å². The van der Waals surface area contributed by atoms with Crippen LogP contribution >= 0.6 is 11.3 Å². The highest BCUT2D eigenvalue weighted by Gasteiger charge is 2.20. The molecule has 0 radical (unpaired) electrons. The van der Waals surface area contributed by atoms with Gasteiger partial charge in [-0.2, -0.15) is 0 Å². The van der Waals surface area contributed by atoms with E-state index in [4.69, 9.17) is 4.74 Å². The minimum Gasteiger partial charge on any atom is -0.444 e. The van der Waals surface area contributed by atoms with Gasteiger partial charge in [-0.3, -0.25) is 0 Å². The van der Waals surface area contributed by atoms with E-state index in [0.717, 1.165) is 11.3 Å². The van der Waals surface area contributed by atoms with Crippen molar-refractivity contribution in [3.63, 3.8) is 0 Å². The Bertz CT molecular complexity index is 594. The Kier molecular flexibility index (Phi) is 6.12. The molecular weight excluding hydrogens is 310 g/mol. The van der Waals surface area contributed by atoms with Crippen LogP contribution in [0.2, 0.25) is 0 Å². The van der Waals surface area contributed by atoms with Crippen molar-refractivity contribution >= 4 is 17.4 Å². The second-order valence-corrected chi connectivity index (χ2v) is 6.94. The molecule has 0 saturated carbocycles. The molecule has 0 saturated heterocycles. The van der Waals surface area contributed by atoms with E-state index in [1.807, 2.05) is 62.0 Å². The first-order valence-corrected chi connectivity index (χ1v) is 8.50. The fraction of sp³-hybridized carbons (Fsp3) is 0.412. The molecule has 0 aliphatic heterocycles. The van der Waals surface area contributed by atoms with Crippen molar-refractivity contribution in [3.05, 3.63) is 52.5 Å². The molecule has 1 aromatic carbocycles. The van der Waals surface area contributed by atoms with Crippen molar-refractivity contribution < 1.29 is 9.53 Å².